The lowest BCUT2D eigenvalue weighted by Gasteiger charge is -2.15. The van der Waals surface area contributed by atoms with Gasteiger partial charge in [0.25, 0.3) is 0 Å². The van der Waals surface area contributed by atoms with E-state index in [1.165, 1.54) is 5.32 Å². The highest BCUT2D eigenvalue weighted by Gasteiger charge is 2.39. The minimum Gasteiger partial charge on any atom is -0.550 e. The van der Waals surface area contributed by atoms with Gasteiger partial charge in [0.15, 0.2) is 0 Å². The van der Waals surface area contributed by atoms with Crippen molar-refractivity contribution in [2.24, 2.45) is 0 Å². The molecule has 0 radical (unpaired) electrons. The maximum Gasteiger partial charge on any atom is 0.471 e. The third-order valence-corrected chi connectivity index (χ3v) is 1.11. The fourth-order valence-electron chi connectivity index (χ4n) is 0.607. The third-order valence-electron chi connectivity index (χ3n) is 1.11. The van der Waals surface area contributed by atoms with Gasteiger partial charge in [0, 0.05) is 18.4 Å². The number of nitrogens with one attached hydrogen (secondary N) is 1. The maximum absolute atomic E-state index is 11.6. The molecule has 0 spiro atoms. The van der Waals surface area contributed by atoms with Crippen LogP contribution in [-0.2, 0) is 9.59 Å². The lowest BCUT2D eigenvalue weighted by molar-refractivity contribution is -0.306. The van der Waals surface area contributed by atoms with Crippen LogP contribution in [0.1, 0.15) is 13.3 Å². The van der Waals surface area contributed by atoms with Crippen LogP contribution in [0.15, 0.2) is 0 Å². The zero-order valence-electron chi connectivity index (χ0n) is 6.64. The lowest BCUT2D eigenvalue weighted by atomic mass is 10.2. The summed E-state index contributed by atoms with van der Waals surface area (Å²) in [4.78, 5) is 20.1. The van der Waals surface area contributed by atoms with E-state index in [-0.39, 0.29) is 0 Å². The van der Waals surface area contributed by atoms with E-state index in [1.54, 1.807) is 0 Å². The Balaban J connectivity index is 4.00. The zero-order valence-corrected chi connectivity index (χ0v) is 6.64. The Morgan fingerprint density at radius 1 is 1.46 bits per heavy atom. The molecular formula is C6H7F3NO3-. The predicted molar refractivity (Wildman–Crippen MR) is 33.3 cm³/mol. The lowest BCUT2D eigenvalue weighted by Crippen LogP contribution is -2.44. The molecule has 0 aliphatic carbocycles. The Labute approximate surface area is 71.7 Å². The van der Waals surface area contributed by atoms with E-state index < -0.39 is 30.5 Å². The van der Waals surface area contributed by atoms with E-state index >= 15 is 0 Å². The molecule has 0 saturated heterocycles. The first kappa shape index (κ1) is 11.7. The van der Waals surface area contributed by atoms with Crippen LogP contribution in [0.2, 0.25) is 0 Å². The van der Waals surface area contributed by atoms with E-state index in [0.29, 0.717) is 0 Å². The summed E-state index contributed by atoms with van der Waals surface area (Å²) in [5.74, 6) is -3.67. The minimum absolute atomic E-state index is 0.651. The largest absolute Gasteiger partial charge is 0.550 e. The second kappa shape index (κ2) is 4.11. The van der Waals surface area contributed by atoms with Crippen molar-refractivity contribution in [3.05, 3.63) is 0 Å². The van der Waals surface area contributed by atoms with Crippen LogP contribution in [-0.4, -0.2) is 24.1 Å². The Morgan fingerprint density at radius 3 is 2.23 bits per heavy atom. The molecule has 0 aliphatic rings. The van der Waals surface area contributed by atoms with Gasteiger partial charge >= 0.3 is 12.1 Å². The molecule has 0 bridgehead atoms. The second-order valence-electron chi connectivity index (χ2n) is 2.45. The van der Waals surface area contributed by atoms with Gasteiger partial charge in [-0.15, -0.1) is 0 Å². The van der Waals surface area contributed by atoms with E-state index in [1.807, 2.05) is 0 Å². The van der Waals surface area contributed by atoms with Crippen LogP contribution in [0.5, 0.6) is 0 Å². The topological polar surface area (TPSA) is 69.2 Å². The molecule has 1 amide bonds. The Hall–Kier alpha value is -1.27. The van der Waals surface area contributed by atoms with Crippen molar-refractivity contribution in [3.8, 4) is 0 Å². The van der Waals surface area contributed by atoms with Crippen molar-refractivity contribution in [2.75, 3.05) is 0 Å². The number of hydrogen-bond acceptors (Lipinski definition) is 3. The SMILES string of the molecule is CC(CC(=O)[O-])NC(=O)C(F)(F)F. The normalized spacial score (nSPS) is 13.5. The number of hydrogen-bond donors (Lipinski definition) is 1. The molecule has 1 atom stereocenters. The monoisotopic (exact) mass is 198 g/mol. The summed E-state index contributed by atoms with van der Waals surface area (Å²) in [6.07, 6.45) is -5.64. The molecule has 0 aromatic rings. The number of rotatable bonds is 3. The van der Waals surface area contributed by atoms with Crippen LogP contribution in [0, 0.1) is 0 Å². The van der Waals surface area contributed by atoms with Crippen LogP contribution in [0.4, 0.5) is 13.2 Å². The summed E-state index contributed by atoms with van der Waals surface area (Å²) in [5, 5.41) is 11.4. The molecule has 1 N–H and O–H groups in total. The molecule has 0 fully saturated rings. The van der Waals surface area contributed by atoms with Crippen molar-refractivity contribution in [1.29, 1.82) is 0 Å². The summed E-state index contributed by atoms with van der Waals surface area (Å²) >= 11 is 0. The molecule has 7 heteroatoms. The number of carboxylic acid groups (broad SMARTS) is 1. The van der Waals surface area contributed by atoms with Gasteiger partial charge in [-0.3, -0.25) is 4.79 Å². The van der Waals surface area contributed by atoms with Gasteiger partial charge in [-0.25, -0.2) is 0 Å². The van der Waals surface area contributed by atoms with Gasteiger partial charge in [0.1, 0.15) is 0 Å². The highest BCUT2D eigenvalue weighted by Crippen LogP contribution is 2.14. The van der Waals surface area contributed by atoms with E-state index in [0.717, 1.165) is 6.92 Å². The highest BCUT2D eigenvalue weighted by molar-refractivity contribution is 5.82. The highest BCUT2D eigenvalue weighted by atomic mass is 19.4. The fraction of sp³-hybridized carbons (Fsp3) is 0.667. The van der Waals surface area contributed by atoms with Gasteiger partial charge in [-0.1, -0.05) is 0 Å². The second-order valence-corrected chi connectivity index (χ2v) is 2.45. The first-order valence-electron chi connectivity index (χ1n) is 3.31. The molecule has 0 heterocycles. The zero-order chi connectivity index (χ0) is 10.6. The average molecular weight is 198 g/mol. The number of carboxylic acids is 1. The predicted octanol–water partition coefficient (Wildman–Crippen LogP) is -0.807. The number of halogens is 3. The Bertz CT molecular complexity index is 214. The fourth-order valence-corrected chi connectivity index (χ4v) is 0.607. The van der Waals surface area contributed by atoms with Crippen LogP contribution < -0.4 is 10.4 Å². The molecule has 0 aromatic carbocycles. The van der Waals surface area contributed by atoms with Crippen molar-refractivity contribution in [1.82, 2.24) is 5.32 Å². The molecule has 4 nitrogen and oxygen atoms in total. The smallest absolute Gasteiger partial charge is 0.471 e. The first-order valence-corrected chi connectivity index (χ1v) is 3.31. The summed E-state index contributed by atoms with van der Waals surface area (Å²) in [5.41, 5.74) is 0. The summed E-state index contributed by atoms with van der Waals surface area (Å²) in [7, 11) is 0. The van der Waals surface area contributed by atoms with Crippen molar-refractivity contribution < 1.29 is 27.9 Å². The third kappa shape index (κ3) is 5.05. The van der Waals surface area contributed by atoms with Gasteiger partial charge in [-0.05, 0) is 6.92 Å². The summed E-state index contributed by atoms with van der Waals surface area (Å²) < 4.78 is 34.7. The quantitative estimate of drug-likeness (QED) is 0.645. The number of alkyl halides is 3. The van der Waals surface area contributed by atoms with Gasteiger partial charge in [0.2, 0.25) is 0 Å². The van der Waals surface area contributed by atoms with Crippen LogP contribution >= 0.6 is 0 Å². The maximum atomic E-state index is 11.6. The van der Waals surface area contributed by atoms with Crippen molar-refractivity contribution in [3.63, 3.8) is 0 Å². The molecular weight excluding hydrogens is 191 g/mol. The summed E-state index contributed by atoms with van der Waals surface area (Å²) in [6, 6.07) is -1.10. The van der Waals surface area contributed by atoms with E-state index in [4.69, 9.17) is 0 Å². The van der Waals surface area contributed by atoms with Gasteiger partial charge in [0.05, 0.1) is 0 Å². The van der Waals surface area contributed by atoms with E-state index in [2.05, 4.69) is 0 Å². The molecule has 0 saturated carbocycles. The number of carbonyl (C=O) groups excluding carboxylic acids is 2. The number of carbonyl (C=O) groups is 2. The molecule has 1 unspecified atom stereocenters. The minimum atomic E-state index is -4.99. The average Bonchev–Trinajstić information content (AvgIpc) is 1.82. The molecule has 76 valence electrons. The standard InChI is InChI=1S/C6H8F3NO3/c1-3(2-4(11)12)10-5(13)6(7,8)9/h3H,2H2,1H3,(H,10,13)(H,11,12)/p-1. The number of amides is 1. The Kier molecular flexibility index (Phi) is 3.70. The van der Waals surface area contributed by atoms with Crippen LogP contribution in [0.25, 0.3) is 0 Å². The van der Waals surface area contributed by atoms with Crippen molar-refractivity contribution in [2.45, 2.75) is 25.6 Å². The summed E-state index contributed by atoms with van der Waals surface area (Å²) in [6.45, 7) is 1.14. The molecule has 0 aliphatic heterocycles. The van der Waals surface area contributed by atoms with Crippen LogP contribution in [0.3, 0.4) is 0 Å². The van der Waals surface area contributed by atoms with Gasteiger partial charge < -0.3 is 15.2 Å². The Morgan fingerprint density at radius 2 is 1.92 bits per heavy atom. The van der Waals surface area contributed by atoms with Gasteiger partial charge in [-0.2, -0.15) is 13.2 Å². The number of aliphatic carboxylic acids is 1. The molecule has 0 rings (SSSR count). The molecule has 13 heavy (non-hydrogen) atoms. The van der Waals surface area contributed by atoms with E-state index in [9.17, 15) is 27.9 Å². The first-order chi connectivity index (χ1) is 5.73. The molecule has 0 aromatic heterocycles. The van der Waals surface area contributed by atoms with Crippen molar-refractivity contribution >= 4 is 11.9 Å².